The second-order valence-corrected chi connectivity index (χ2v) is 11.9. The Morgan fingerprint density at radius 2 is 1.29 bits per heavy atom. The van der Waals surface area contributed by atoms with Crippen LogP contribution in [0.5, 0.6) is 0 Å². The van der Waals surface area contributed by atoms with Crippen LogP contribution < -0.4 is 0 Å². The number of aliphatic hydroxyl groups is 1. The van der Waals surface area contributed by atoms with Crippen LogP contribution in [0.25, 0.3) is 0 Å². The summed E-state index contributed by atoms with van der Waals surface area (Å²) in [4.78, 5) is 0. The minimum Gasteiger partial charge on any atom is -0.393 e. The zero-order valence-electron chi connectivity index (χ0n) is 22.3. The van der Waals surface area contributed by atoms with Crippen LogP contribution in [0.3, 0.4) is 0 Å². The summed E-state index contributed by atoms with van der Waals surface area (Å²) in [6.45, 7) is 2.51. The quantitative estimate of drug-likeness (QED) is 0.259. The predicted octanol–water partition coefficient (Wildman–Crippen LogP) is 8.66. The second-order valence-electron chi connectivity index (χ2n) is 11.9. The fourth-order valence-corrected chi connectivity index (χ4v) is 6.95. The zero-order valence-corrected chi connectivity index (χ0v) is 22.3. The molecule has 1 N–H and O–H groups in total. The highest BCUT2D eigenvalue weighted by Gasteiger charge is 2.32. The number of rotatable bonds is 9. The van der Waals surface area contributed by atoms with E-state index in [1.807, 2.05) is 0 Å². The molecule has 5 rings (SSSR count). The SMILES string of the molecule is CCCC(O)C1CCC(c2ccc(C3CCC(CCc4ccc(C5CO5)c(F)c4F)CC3)c(F)c2F)CC1. The van der Waals surface area contributed by atoms with Gasteiger partial charge in [0.2, 0.25) is 0 Å². The van der Waals surface area contributed by atoms with Crippen molar-refractivity contribution in [3.05, 3.63) is 69.8 Å². The molecule has 38 heavy (non-hydrogen) atoms. The average Bonchev–Trinajstić information content (AvgIpc) is 3.77. The molecule has 208 valence electrons. The first-order chi connectivity index (χ1) is 18.4. The number of halogens is 4. The van der Waals surface area contributed by atoms with Crippen molar-refractivity contribution in [1.29, 1.82) is 0 Å². The van der Waals surface area contributed by atoms with Gasteiger partial charge >= 0.3 is 0 Å². The summed E-state index contributed by atoms with van der Waals surface area (Å²) in [7, 11) is 0. The molecule has 6 heteroatoms. The van der Waals surface area contributed by atoms with E-state index in [1.54, 1.807) is 24.3 Å². The highest BCUT2D eigenvalue weighted by molar-refractivity contribution is 5.32. The van der Waals surface area contributed by atoms with Crippen LogP contribution in [0.4, 0.5) is 17.6 Å². The summed E-state index contributed by atoms with van der Waals surface area (Å²) in [6.07, 6.45) is 8.95. The first-order valence-corrected chi connectivity index (χ1v) is 14.6. The molecular weight excluding hydrogens is 492 g/mol. The number of aliphatic hydroxyl groups excluding tert-OH is 1. The third-order valence-corrected chi connectivity index (χ3v) is 9.46. The van der Waals surface area contributed by atoms with Gasteiger partial charge in [-0.2, -0.15) is 0 Å². The molecule has 1 heterocycles. The Kier molecular flexibility index (Phi) is 8.79. The van der Waals surface area contributed by atoms with Crippen molar-refractivity contribution in [2.24, 2.45) is 11.8 Å². The normalized spacial score (nSPS) is 28.3. The van der Waals surface area contributed by atoms with Crippen LogP contribution in [0.15, 0.2) is 24.3 Å². The molecule has 1 saturated heterocycles. The fourth-order valence-electron chi connectivity index (χ4n) is 6.95. The van der Waals surface area contributed by atoms with E-state index in [0.29, 0.717) is 41.2 Å². The Hall–Kier alpha value is -1.92. The molecule has 0 radical (unpaired) electrons. The van der Waals surface area contributed by atoms with Gasteiger partial charge in [-0.3, -0.25) is 0 Å². The number of hydrogen-bond acceptors (Lipinski definition) is 2. The predicted molar refractivity (Wildman–Crippen MR) is 140 cm³/mol. The lowest BCUT2D eigenvalue weighted by Gasteiger charge is -2.32. The molecule has 0 aromatic heterocycles. The molecule has 2 unspecified atom stereocenters. The Morgan fingerprint density at radius 1 is 0.763 bits per heavy atom. The Bertz CT molecular complexity index is 1100. The maximum Gasteiger partial charge on any atom is 0.164 e. The monoisotopic (exact) mass is 532 g/mol. The van der Waals surface area contributed by atoms with E-state index < -0.39 is 23.3 Å². The van der Waals surface area contributed by atoms with Gasteiger partial charge in [-0.25, -0.2) is 17.6 Å². The number of ether oxygens (including phenoxy) is 1. The van der Waals surface area contributed by atoms with E-state index >= 15 is 8.78 Å². The molecule has 0 bridgehead atoms. The lowest BCUT2D eigenvalue weighted by Crippen LogP contribution is -2.25. The van der Waals surface area contributed by atoms with E-state index in [9.17, 15) is 13.9 Å². The van der Waals surface area contributed by atoms with Crippen LogP contribution in [0, 0.1) is 35.1 Å². The van der Waals surface area contributed by atoms with Crippen LogP contribution in [-0.2, 0) is 11.2 Å². The van der Waals surface area contributed by atoms with Gasteiger partial charge in [0.1, 0.15) is 6.10 Å². The summed E-state index contributed by atoms with van der Waals surface area (Å²) in [5, 5.41) is 10.3. The Labute approximate surface area is 223 Å². The third kappa shape index (κ3) is 5.96. The molecule has 2 saturated carbocycles. The highest BCUT2D eigenvalue weighted by atomic mass is 19.2. The van der Waals surface area contributed by atoms with Crippen molar-refractivity contribution in [1.82, 2.24) is 0 Å². The summed E-state index contributed by atoms with van der Waals surface area (Å²) >= 11 is 0. The first kappa shape index (κ1) is 27.6. The van der Waals surface area contributed by atoms with Crippen molar-refractivity contribution in [3.63, 3.8) is 0 Å². The van der Waals surface area contributed by atoms with Gasteiger partial charge in [0, 0.05) is 5.56 Å². The van der Waals surface area contributed by atoms with Crippen molar-refractivity contribution >= 4 is 0 Å². The molecule has 2 atom stereocenters. The maximum atomic E-state index is 15.2. The minimum absolute atomic E-state index is 0.00969. The van der Waals surface area contributed by atoms with Gasteiger partial charge in [-0.05, 0) is 111 Å². The fraction of sp³-hybridized carbons (Fsp3) is 0.625. The highest BCUT2D eigenvalue weighted by Crippen LogP contribution is 2.43. The van der Waals surface area contributed by atoms with Gasteiger partial charge in [-0.15, -0.1) is 0 Å². The smallest absolute Gasteiger partial charge is 0.164 e. The van der Waals surface area contributed by atoms with Crippen LogP contribution in [0.1, 0.15) is 118 Å². The average molecular weight is 533 g/mol. The van der Waals surface area contributed by atoms with Crippen molar-refractivity contribution in [3.8, 4) is 0 Å². The summed E-state index contributed by atoms with van der Waals surface area (Å²) in [5.41, 5.74) is 1.65. The number of epoxide rings is 1. The van der Waals surface area contributed by atoms with Crippen molar-refractivity contribution in [2.45, 2.75) is 108 Å². The molecular formula is C32H40F4O2. The van der Waals surface area contributed by atoms with E-state index in [-0.39, 0.29) is 30.0 Å². The van der Waals surface area contributed by atoms with E-state index in [1.165, 1.54) is 0 Å². The molecule has 3 fully saturated rings. The van der Waals surface area contributed by atoms with E-state index in [0.717, 1.165) is 70.6 Å². The van der Waals surface area contributed by atoms with Crippen LogP contribution in [0.2, 0.25) is 0 Å². The number of benzene rings is 2. The summed E-state index contributed by atoms with van der Waals surface area (Å²) < 4.78 is 64.4. The molecule has 2 nitrogen and oxygen atoms in total. The maximum absolute atomic E-state index is 15.2. The molecule has 2 aromatic carbocycles. The third-order valence-electron chi connectivity index (χ3n) is 9.46. The summed E-state index contributed by atoms with van der Waals surface area (Å²) in [6, 6.07) is 6.88. The van der Waals surface area contributed by atoms with Gasteiger partial charge < -0.3 is 9.84 Å². The van der Waals surface area contributed by atoms with Crippen LogP contribution in [-0.4, -0.2) is 17.8 Å². The largest absolute Gasteiger partial charge is 0.393 e. The molecule has 2 aromatic rings. The first-order valence-electron chi connectivity index (χ1n) is 14.6. The van der Waals surface area contributed by atoms with Crippen molar-refractivity contribution < 1.29 is 27.4 Å². The standard InChI is InChI=1S/C32H40F4O2/c1-2-3-27(37)22-12-10-21(11-13-22)25-17-16-24(30(34)31(25)35)20-7-4-19(5-8-20)6-9-23-14-15-26(28-18-38-28)32(36)29(23)33/h14-17,19-22,27-28,37H,2-13,18H2,1H3. The Morgan fingerprint density at radius 3 is 1.84 bits per heavy atom. The molecule has 1 aliphatic heterocycles. The van der Waals surface area contributed by atoms with E-state index in [2.05, 4.69) is 6.92 Å². The lowest BCUT2D eigenvalue weighted by atomic mass is 9.74. The molecule has 0 spiro atoms. The number of hydrogen-bond donors (Lipinski definition) is 1. The van der Waals surface area contributed by atoms with Gasteiger partial charge in [-0.1, -0.05) is 37.6 Å². The van der Waals surface area contributed by atoms with Gasteiger partial charge in [0.15, 0.2) is 23.3 Å². The van der Waals surface area contributed by atoms with E-state index in [4.69, 9.17) is 4.74 Å². The minimum atomic E-state index is -0.795. The Balaban J connectivity index is 1.14. The molecule has 0 amide bonds. The molecule has 2 aliphatic carbocycles. The molecule has 3 aliphatic rings. The van der Waals surface area contributed by atoms with Gasteiger partial charge in [0.25, 0.3) is 0 Å². The van der Waals surface area contributed by atoms with Crippen LogP contribution >= 0.6 is 0 Å². The van der Waals surface area contributed by atoms with Crippen molar-refractivity contribution in [2.75, 3.05) is 6.61 Å². The summed E-state index contributed by atoms with van der Waals surface area (Å²) in [5.74, 6) is -2.33. The topological polar surface area (TPSA) is 32.8 Å². The second kappa shape index (κ2) is 12.1. The zero-order chi connectivity index (χ0) is 26.8. The lowest BCUT2D eigenvalue weighted by molar-refractivity contribution is 0.0727. The van der Waals surface area contributed by atoms with Gasteiger partial charge in [0.05, 0.1) is 12.7 Å². The number of aryl methyl sites for hydroxylation is 1.